The van der Waals surface area contributed by atoms with Crippen molar-refractivity contribution in [3.63, 3.8) is 0 Å². The molecule has 0 saturated carbocycles. The quantitative estimate of drug-likeness (QED) is 0.220. The molecular formula is C29H25ClN2O4S2. The zero-order valence-electron chi connectivity index (χ0n) is 21.3. The Hall–Kier alpha value is -3.33. The molecule has 2 aromatic heterocycles. The van der Waals surface area contributed by atoms with Crippen LogP contribution in [0.3, 0.4) is 0 Å². The van der Waals surface area contributed by atoms with Crippen LogP contribution in [0.1, 0.15) is 36.8 Å². The number of furan rings is 1. The fourth-order valence-electron chi connectivity index (χ4n) is 4.46. The summed E-state index contributed by atoms with van der Waals surface area (Å²) in [7, 11) is 0. The first-order chi connectivity index (χ1) is 18.3. The van der Waals surface area contributed by atoms with Gasteiger partial charge in [-0.15, -0.1) is 11.8 Å². The number of hydrogen-bond donors (Lipinski definition) is 0. The number of aryl methyl sites for hydroxylation is 1. The van der Waals surface area contributed by atoms with Crippen LogP contribution in [0.15, 0.2) is 85.0 Å². The van der Waals surface area contributed by atoms with Crippen LogP contribution >= 0.6 is 34.7 Å². The number of rotatable bonds is 6. The van der Waals surface area contributed by atoms with E-state index >= 15 is 0 Å². The predicted octanol–water partition coefficient (Wildman–Crippen LogP) is 5.74. The minimum Gasteiger partial charge on any atom is -0.463 e. The van der Waals surface area contributed by atoms with Crippen LogP contribution < -0.4 is 14.9 Å². The lowest BCUT2D eigenvalue weighted by Crippen LogP contribution is -2.39. The van der Waals surface area contributed by atoms with Crippen molar-refractivity contribution in [3.8, 4) is 11.3 Å². The topological polar surface area (TPSA) is 73.8 Å². The third-order valence-electron chi connectivity index (χ3n) is 6.31. The maximum atomic E-state index is 13.8. The number of ether oxygens (including phenoxy) is 1. The summed E-state index contributed by atoms with van der Waals surface area (Å²) in [6.07, 6.45) is 3.71. The van der Waals surface area contributed by atoms with E-state index in [1.807, 2.05) is 67.8 Å². The number of thiazole rings is 1. The highest BCUT2D eigenvalue weighted by Crippen LogP contribution is 2.32. The summed E-state index contributed by atoms with van der Waals surface area (Å²) < 4.78 is 13.5. The van der Waals surface area contributed by atoms with Gasteiger partial charge in [-0.2, -0.15) is 0 Å². The van der Waals surface area contributed by atoms with Gasteiger partial charge in [-0.05, 0) is 74.6 Å². The molecular weight excluding hydrogens is 540 g/mol. The summed E-state index contributed by atoms with van der Waals surface area (Å²) in [6, 6.07) is 16.5. The largest absolute Gasteiger partial charge is 0.463 e. The average Bonchev–Trinajstić information content (AvgIpc) is 3.49. The second-order valence-electron chi connectivity index (χ2n) is 8.74. The first kappa shape index (κ1) is 26.3. The maximum Gasteiger partial charge on any atom is 0.338 e. The Bertz CT molecular complexity index is 1750. The van der Waals surface area contributed by atoms with Crippen molar-refractivity contribution in [3.05, 3.63) is 107 Å². The molecule has 1 aliphatic heterocycles. The standard InChI is InChI=1S/C29H25ClN2O4S2/c1-5-35-28(34)25-17(3)31-29-32(26(25)18-7-11-21(37-4)12-8-18)27(33)24(38-29)15-20-10-13-23(36-20)22-14-19(30)9-6-16(22)2/h6-15,26H,5H2,1-4H3/b24-15-. The van der Waals surface area contributed by atoms with Gasteiger partial charge in [0.05, 0.1) is 28.5 Å². The lowest BCUT2D eigenvalue weighted by atomic mass is 9.96. The number of nitrogens with zero attached hydrogens (tertiary/aromatic N) is 2. The summed E-state index contributed by atoms with van der Waals surface area (Å²) in [5.41, 5.74) is 3.38. The number of carbonyl (C=O) groups is 1. The van der Waals surface area contributed by atoms with Gasteiger partial charge < -0.3 is 9.15 Å². The van der Waals surface area contributed by atoms with Gasteiger partial charge in [-0.3, -0.25) is 9.36 Å². The molecule has 9 heteroatoms. The molecule has 0 spiro atoms. The number of aromatic nitrogens is 1. The number of allylic oxidation sites excluding steroid dienone is 1. The fourth-order valence-corrected chi connectivity index (χ4v) is 6.06. The molecule has 0 bridgehead atoms. The third kappa shape index (κ3) is 4.91. The molecule has 0 fully saturated rings. The SMILES string of the molecule is CCOC(=O)C1=C(C)N=c2s/c(=C\c3ccc(-c4cc(Cl)ccc4C)o3)c(=O)n2C1c1ccc(SC)cc1. The number of carbonyl (C=O) groups excluding carboxylic acids is 1. The zero-order valence-corrected chi connectivity index (χ0v) is 23.7. The van der Waals surface area contributed by atoms with Gasteiger partial charge in [-0.25, -0.2) is 9.79 Å². The van der Waals surface area contributed by atoms with E-state index in [1.54, 1.807) is 36.3 Å². The molecule has 0 aliphatic carbocycles. The van der Waals surface area contributed by atoms with Crippen LogP contribution in [0.25, 0.3) is 17.4 Å². The van der Waals surface area contributed by atoms with Crippen molar-refractivity contribution in [1.82, 2.24) is 4.57 Å². The molecule has 1 unspecified atom stereocenters. The zero-order chi connectivity index (χ0) is 27.0. The van der Waals surface area contributed by atoms with Crippen molar-refractivity contribution < 1.29 is 13.9 Å². The highest BCUT2D eigenvalue weighted by atomic mass is 35.5. The molecule has 0 radical (unpaired) electrons. The highest BCUT2D eigenvalue weighted by molar-refractivity contribution is 7.98. The van der Waals surface area contributed by atoms with Crippen LogP contribution in [0.5, 0.6) is 0 Å². The summed E-state index contributed by atoms with van der Waals surface area (Å²) in [4.78, 5) is 33.0. The van der Waals surface area contributed by atoms with Crippen molar-refractivity contribution in [2.24, 2.45) is 4.99 Å². The van der Waals surface area contributed by atoms with Gasteiger partial charge in [-0.1, -0.05) is 41.1 Å². The lowest BCUT2D eigenvalue weighted by Gasteiger charge is -2.24. The Balaban J connectivity index is 1.64. The summed E-state index contributed by atoms with van der Waals surface area (Å²) in [5.74, 6) is 0.720. The molecule has 38 heavy (non-hydrogen) atoms. The number of halogens is 1. The van der Waals surface area contributed by atoms with E-state index in [2.05, 4.69) is 4.99 Å². The van der Waals surface area contributed by atoms with Crippen LogP contribution in [-0.4, -0.2) is 23.4 Å². The number of hydrogen-bond acceptors (Lipinski definition) is 7. The van der Waals surface area contributed by atoms with Crippen LogP contribution in [0.4, 0.5) is 0 Å². The lowest BCUT2D eigenvalue weighted by molar-refractivity contribution is -0.139. The molecule has 6 nitrogen and oxygen atoms in total. The molecule has 5 rings (SSSR count). The third-order valence-corrected chi connectivity index (χ3v) is 8.28. The normalized spacial score (nSPS) is 15.4. The Morgan fingerprint density at radius 2 is 1.95 bits per heavy atom. The predicted molar refractivity (Wildman–Crippen MR) is 153 cm³/mol. The van der Waals surface area contributed by atoms with Gasteiger partial charge >= 0.3 is 5.97 Å². The van der Waals surface area contributed by atoms with Crippen molar-refractivity contribution in [2.45, 2.75) is 31.7 Å². The van der Waals surface area contributed by atoms with E-state index in [1.165, 1.54) is 11.3 Å². The molecule has 1 aliphatic rings. The van der Waals surface area contributed by atoms with Crippen LogP contribution in [0, 0.1) is 6.92 Å². The molecule has 3 heterocycles. The number of esters is 1. The average molecular weight is 565 g/mol. The van der Waals surface area contributed by atoms with E-state index in [0.717, 1.165) is 21.6 Å². The van der Waals surface area contributed by atoms with Crippen molar-refractivity contribution in [2.75, 3.05) is 12.9 Å². The molecule has 194 valence electrons. The van der Waals surface area contributed by atoms with Crippen LogP contribution in [-0.2, 0) is 9.53 Å². The smallest absolute Gasteiger partial charge is 0.338 e. The monoisotopic (exact) mass is 564 g/mol. The van der Waals surface area contributed by atoms with Gasteiger partial charge in [0.2, 0.25) is 0 Å². The number of benzene rings is 2. The Morgan fingerprint density at radius 3 is 2.66 bits per heavy atom. The maximum absolute atomic E-state index is 13.8. The van der Waals surface area contributed by atoms with E-state index < -0.39 is 12.0 Å². The minimum atomic E-state index is -0.648. The van der Waals surface area contributed by atoms with E-state index in [4.69, 9.17) is 20.8 Å². The van der Waals surface area contributed by atoms with Crippen molar-refractivity contribution >= 4 is 46.7 Å². The number of thioether (sulfide) groups is 1. The summed E-state index contributed by atoms with van der Waals surface area (Å²) in [6.45, 7) is 5.75. The molecule has 0 N–H and O–H groups in total. The Labute approximate surface area is 232 Å². The summed E-state index contributed by atoms with van der Waals surface area (Å²) >= 11 is 9.07. The molecule has 4 aromatic rings. The molecule has 0 saturated heterocycles. The second kappa shape index (κ2) is 10.8. The van der Waals surface area contributed by atoms with E-state index in [-0.39, 0.29) is 12.2 Å². The molecule has 0 amide bonds. The van der Waals surface area contributed by atoms with Gasteiger partial charge in [0.1, 0.15) is 11.5 Å². The molecule has 2 aromatic carbocycles. The number of fused-ring (bicyclic) bond motifs is 1. The van der Waals surface area contributed by atoms with E-state index in [0.29, 0.717) is 37.1 Å². The Morgan fingerprint density at radius 1 is 1.18 bits per heavy atom. The first-order valence-electron chi connectivity index (χ1n) is 12.0. The molecule has 1 atom stereocenters. The second-order valence-corrected chi connectivity index (χ2v) is 11.1. The van der Waals surface area contributed by atoms with Crippen LogP contribution in [0.2, 0.25) is 5.02 Å². The highest BCUT2D eigenvalue weighted by Gasteiger charge is 2.33. The Kier molecular flexibility index (Phi) is 7.47. The van der Waals surface area contributed by atoms with E-state index in [9.17, 15) is 9.59 Å². The summed E-state index contributed by atoms with van der Waals surface area (Å²) in [5, 5.41) is 0.621. The van der Waals surface area contributed by atoms with Crippen molar-refractivity contribution in [1.29, 1.82) is 0 Å². The minimum absolute atomic E-state index is 0.227. The first-order valence-corrected chi connectivity index (χ1v) is 14.4. The van der Waals surface area contributed by atoms with Gasteiger partial charge in [0, 0.05) is 21.6 Å². The van der Waals surface area contributed by atoms with Gasteiger partial charge in [0.25, 0.3) is 5.56 Å². The van der Waals surface area contributed by atoms with Gasteiger partial charge in [0.15, 0.2) is 4.80 Å². The fraction of sp³-hybridized carbons (Fsp3) is 0.207.